The number of pyridine rings is 1. The topological polar surface area (TPSA) is 63.1 Å². The molecule has 0 spiro atoms. The number of carbonyl (C=O) groups excluding carboxylic acids is 1. The van der Waals surface area contributed by atoms with Gasteiger partial charge in [0.1, 0.15) is 0 Å². The molecule has 2 aromatic heterocycles. The van der Waals surface area contributed by atoms with Gasteiger partial charge in [-0.2, -0.15) is 5.10 Å². The smallest absolute Gasteiger partial charge is 0.252 e. The van der Waals surface area contributed by atoms with Crippen molar-refractivity contribution in [2.75, 3.05) is 13.1 Å². The summed E-state index contributed by atoms with van der Waals surface area (Å²) in [5, 5.41) is 8.71. The molecule has 1 unspecified atom stereocenters. The number of hydrogen-bond acceptors (Lipinski definition) is 4. The van der Waals surface area contributed by atoms with Gasteiger partial charge in [0.05, 0.1) is 16.8 Å². The molecule has 1 N–H and O–H groups in total. The first kappa shape index (κ1) is 22.5. The second-order valence-corrected chi connectivity index (χ2v) is 9.65. The molecule has 170 valence electrons. The number of carbonyl (C=O) groups is 1. The molecule has 1 atom stereocenters. The molecule has 1 fully saturated rings. The molecule has 0 saturated carbocycles. The number of likely N-dealkylation sites (tertiary alicyclic amines) is 1. The molecule has 3 aromatic rings. The summed E-state index contributed by atoms with van der Waals surface area (Å²) in [6.45, 7) is 15.5. The fraction of sp³-hybridized carbons (Fsp3) is 0.500. The first-order chi connectivity index (χ1) is 15.2. The van der Waals surface area contributed by atoms with Gasteiger partial charge in [-0.1, -0.05) is 18.2 Å². The summed E-state index contributed by atoms with van der Waals surface area (Å²) in [7, 11) is 0. The molecule has 0 radical (unpaired) electrons. The molecule has 0 aliphatic carbocycles. The summed E-state index contributed by atoms with van der Waals surface area (Å²) in [4.78, 5) is 20.4. The van der Waals surface area contributed by atoms with Crippen LogP contribution in [0.2, 0.25) is 0 Å². The van der Waals surface area contributed by atoms with Crippen molar-refractivity contribution in [2.45, 2.75) is 72.5 Å². The molecule has 6 heteroatoms. The molecule has 4 rings (SSSR count). The highest BCUT2D eigenvalue weighted by Gasteiger charge is 2.28. The number of hydrogen-bond donors (Lipinski definition) is 1. The lowest BCUT2D eigenvalue weighted by atomic mass is 9.99. The zero-order valence-corrected chi connectivity index (χ0v) is 20.1. The third-order valence-electron chi connectivity index (χ3n) is 6.44. The molecule has 1 amide bonds. The van der Waals surface area contributed by atoms with Crippen molar-refractivity contribution in [1.82, 2.24) is 25.0 Å². The Morgan fingerprint density at radius 3 is 2.62 bits per heavy atom. The normalized spacial score (nSPS) is 17.1. The van der Waals surface area contributed by atoms with Gasteiger partial charge in [-0.15, -0.1) is 0 Å². The number of para-hydroxylation sites is 1. The summed E-state index contributed by atoms with van der Waals surface area (Å²) >= 11 is 0. The van der Waals surface area contributed by atoms with Crippen LogP contribution in [0.3, 0.4) is 0 Å². The molecule has 1 aliphatic heterocycles. The second kappa shape index (κ2) is 9.02. The Kier molecular flexibility index (Phi) is 6.33. The first-order valence-corrected chi connectivity index (χ1v) is 11.7. The summed E-state index contributed by atoms with van der Waals surface area (Å²) in [5.74, 6) is 0.299. The minimum atomic E-state index is -0.0259. The highest BCUT2D eigenvalue weighted by atomic mass is 16.1. The van der Waals surface area contributed by atoms with E-state index in [0.29, 0.717) is 12.0 Å². The van der Waals surface area contributed by atoms with Gasteiger partial charge >= 0.3 is 0 Å². The minimum Gasteiger partial charge on any atom is -0.350 e. The van der Waals surface area contributed by atoms with Crippen molar-refractivity contribution < 1.29 is 4.79 Å². The second-order valence-electron chi connectivity index (χ2n) is 9.65. The monoisotopic (exact) mass is 433 g/mol. The summed E-state index contributed by atoms with van der Waals surface area (Å²) in [6.07, 6.45) is 1.05. The number of fused-ring (bicyclic) bond motifs is 1. The quantitative estimate of drug-likeness (QED) is 0.609. The average Bonchev–Trinajstić information content (AvgIpc) is 3.32. The van der Waals surface area contributed by atoms with Crippen LogP contribution in [0.15, 0.2) is 30.3 Å². The van der Waals surface area contributed by atoms with Crippen LogP contribution in [-0.2, 0) is 6.54 Å². The predicted molar refractivity (Wildman–Crippen MR) is 129 cm³/mol. The predicted octanol–water partition coefficient (Wildman–Crippen LogP) is 4.76. The van der Waals surface area contributed by atoms with Crippen LogP contribution in [0, 0.1) is 13.8 Å². The van der Waals surface area contributed by atoms with Gasteiger partial charge in [-0.3, -0.25) is 19.4 Å². The highest BCUT2D eigenvalue weighted by molar-refractivity contribution is 6.06. The SMILES string of the molecule is Cc1nn(C(C)C)c(C)c1CN1CCC(c2cc(C(=O)NC(C)C)c3ccccc3n2)C1. The summed E-state index contributed by atoms with van der Waals surface area (Å²) in [5.41, 5.74) is 6.35. The Morgan fingerprint density at radius 1 is 1.19 bits per heavy atom. The summed E-state index contributed by atoms with van der Waals surface area (Å²) < 4.78 is 2.13. The molecular weight excluding hydrogens is 398 g/mol. The molecule has 1 saturated heterocycles. The van der Waals surface area contributed by atoms with Crippen LogP contribution >= 0.6 is 0 Å². The summed E-state index contributed by atoms with van der Waals surface area (Å²) in [6, 6.07) is 10.4. The number of aromatic nitrogens is 3. The van der Waals surface area contributed by atoms with E-state index in [4.69, 9.17) is 10.1 Å². The molecule has 1 aromatic carbocycles. The van der Waals surface area contributed by atoms with E-state index in [-0.39, 0.29) is 11.9 Å². The number of aryl methyl sites for hydroxylation is 1. The number of nitrogens with zero attached hydrogens (tertiary/aromatic N) is 4. The Hall–Kier alpha value is -2.73. The standard InChI is InChI=1S/C26H35N5O/c1-16(2)27-26(32)22-13-25(28-24-10-8-7-9-21(22)24)20-11-12-30(14-20)15-23-18(5)29-31(17(3)4)19(23)6/h7-10,13,16-17,20H,11-12,14-15H2,1-6H3,(H,27,32). The number of amides is 1. The fourth-order valence-corrected chi connectivity index (χ4v) is 4.80. The molecule has 0 bridgehead atoms. The van der Waals surface area contributed by atoms with Gasteiger partial charge < -0.3 is 5.32 Å². The van der Waals surface area contributed by atoms with Gasteiger partial charge in [-0.05, 0) is 66.6 Å². The minimum absolute atomic E-state index is 0.0259. The average molecular weight is 434 g/mol. The Labute approximate surface area is 191 Å². The van der Waals surface area contributed by atoms with Crippen LogP contribution in [0.1, 0.15) is 79.1 Å². The maximum atomic E-state index is 12.9. The number of rotatable bonds is 6. The van der Waals surface area contributed by atoms with E-state index in [2.05, 4.69) is 42.6 Å². The lowest BCUT2D eigenvalue weighted by Gasteiger charge is -2.18. The molecular formula is C26H35N5O. The van der Waals surface area contributed by atoms with E-state index in [9.17, 15) is 4.79 Å². The molecule has 1 aliphatic rings. The molecule has 6 nitrogen and oxygen atoms in total. The van der Waals surface area contributed by atoms with Crippen LogP contribution in [0.4, 0.5) is 0 Å². The van der Waals surface area contributed by atoms with Crippen LogP contribution in [-0.4, -0.2) is 44.7 Å². The maximum Gasteiger partial charge on any atom is 0.252 e. The van der Waals surface area contributed by atoms with Crippen LogP contribution < -0.4 is 5.32 Å². The van der Waals surface area contributed by atoms with Gasteiger partial charge in [0.2, 0.25) is 0 Å². The number of benzene rings is 1. The molecule has 32 heavy (non-hydrogen) atoms. The van der Waals surface area contributed by atoms with Crippen molar-refractivity contribution >= 4 is 16.8 Å². The highest BCUT2D eigenvalue weighted by Crippen LogP contribution is 2.31. The first-order valence-electron chi connectivity index (χ1n) is 11.7. The van der Waals surface area contributed by atoms with Gasteiger partial charge in [-0.25, -0.2) is 0 Å². The van der Waals surface area contributed by atoms with E-state index in [1.807, 2.05) is 44.2 Å². The van der Waals surface area contributed by atoms with E-state index >= 15 is 0 Å². The van der Waals surface area contributed by atoms with Crippen molar-refractivity contribution in [2.24, 2.45) is 0 Å². The Morgan fingerprint density at radius 2 is 1.94 bits per heavy atom. The van der Waals surface area contributed by atoms with Crippen molar-refractivity contribution in [1.29, 1.82) is 0 Å². The van der Waals surface area contributed by atoms with E-state index < -0.39 is 0 Å². The van der Waals surface area contributed by atoms with Gasteiger partial charge in [0.25, 0.3) is 5.91 Å². The fourth-order valence-electron chi connectivity index (χ4n) is 4.80. The zero-order valence-electron chi connectivity index (χ0n) is 20.1. The Bertz CT molecular complexity index is 1130. The lowest BCUT2D eigenvalue weighted by molar-refractivity contribution is 0.0944. The lowest BCUT2D eigenvalue weighted by Crippen LogP contribution is -2.30. The van der Waals surface area contributed by atoms with Crippen molar-refractivity contribution in [3.05, 3.63) is 58.5 Å². The zero-order chi connectivity index (χ0) is 23.0. The van der Waals surface area contributed by atoms with E-state index in [1.165, 1.54) is 11.3 Å². The van der Waals surface area contributed by atoms with Gasteiger partial charge in [0, 0.05) is 53.4 Å². The van der Waals surface area contributed by atoms with Crippen LogP contribution in [0.5, 0.6) is 0 Å². The number of nitrogens with one attached hydrogen (secondary N) is 1. The van der Waals surface area contributed by atoms with Crippen LogP contribution in [0.25, 0.3) is 10.9 Å². The maximum absolute atomic E-state index is 12.9. The van der Waals surface area contributed by atoms with Crippen molar-refractivity contribution in [3.8, 4) is 0 Å². The third kappa shape index (κ3) is 4.42. The molecule has 3 heterocycles. The van der Waals surface area contributed by atoms with E-state index in [0.717, 1.165) is 53.9 Å². The van der Waals surface area contributed by atoms with E-state index in [1.54, 1.807) is 0 Å². The third-order valence-corrected chi connectivity index (χ3v) is 6.44. The largest absolute Gasteiger partial charge is 0.350 e. The Balaban J connectivity index is 1.58. The van der Waals surface area contributed by atoms with Crippen molar-refractivity contribution in [3.63, 3.8) is 0 Å². The van der Waals surface area contributed by atoms with Gasteiger partial charge in [0.15, 0.2) is 0 Å².